The Morgan fingerprint density at radius 3 is 2.22 bits per heavy atom. The van der Waals surface area contributed by atoms with Crippen LogP contribution in [0, 0.1) is 0 Å². The number of hydrogen-bond acceptors (Lipinski definition) is 5. The number of fused-ring (bicyclic) bond motifs is 1. The molecule has 5 aromatic rings. The molecule has 0 radical (unpaired) electrons. The molecule has 1 heterocycles. The van der Waals surface area contributed by atoms with Crippen LogP contribution in [0.2, 0.25) is 0 Å². The molecule has 5 rings (SSSR count). The molecule has 41 heavy (non-hydrogen) atoms. The van der Waals surface area contributed by atoms with Gasteiger partial charge in [-0.1, -0.05) is 75.4 Å². The van der Waals surface area contributed by atoms with Crippen LogP contribution >= 0.6 is 0 Å². The Hall–Kier alpha value is -4.76. The van der Waals surface area contributed by atoms with Crippen LogP contribution in [0.15, 0.2) is 102 Å². The molecular formula is C32H31N3O5S. The summed E-state index contributed by atoms with van der Waals surface area (Å²) in [6, 6.07) is 28.4. The van der Waals surface area contributed by atoms with Crippen LogP contribution in [-0.4, -0.2) is 26.6 Å². The molecule has 210 valence electrons. The smallest absolute Gasteiger partial charge is 0.418 e. The fraction of sp³-hybridized carbons (Fsp3) is 0.156. The van der Waals surface area contributed by atoms with E-state index in [4.69, 9.17) is 9.47 Å². The Bertz CT molecular complexity index is 1810. The van der Waals surface area contributed by atoms with Gasteiger partial charge in [0.25, 0.3) is 10.0 Å². The number of aromatic amines is 1. The zero-order valence-corrected chi connectivity index (χ0v) is 24.0. The Morgan fingerprint density at radius 2 is 1.54 bits per heavy atom. The number of carbonyl (C=O) groups is 1. The minimum Gasteiger partial charge on any atom is -0.495 e. The van der Waals surface area contributed by atoms with Crippen molar-refractivity contribution < 1.29 is 22.7 Å². The maximum absolute atomic E-state index is 13.2. The van der Waals surface area contributed by atoms with Crippen LogP contribution in [0.3, 0.4) is 0 Å². The summed E-state index contributed by atoms with van der Waals surface area (Å²) in [6.07, 6.45) is -0.710. The quantitative estimate of drug-likeness (QED) is 0.187. The Kier molecular flexibility index (Phi) is 7.47. The van der Waals surface area contributed by atoms with Crippen LogP contribution in [-0.2, 0) is 15.4 Å². The molecule has 0 bridgehead atoms. The van der Waals surface area contributed by atoms with Gasteiger partial charge in [0.1, 0.15) is 5.75 Å². The van der Waals surface area contributed by atoms with Crippen molar-refractivity contribution in [3.05, 3.63) is 103 Å². The molecule has 0 aliphatic heterocycles. The number of para-hydroxylation sites is 2. The number of carbonyl (C=O) groups excluding carboxylic acids is 1. The summed E-state index contributed by atoms with van der Waals surface area (Å²) >= 11 is 0. The third kappa shape index (κ3) is 6.05. The molecule has 0 atom stereocenters. The van der Waals surface area contributed by atoms with Crippen LogP contribution in [0.25, 0.3) is 22.0 Å². The normalized spacial score (nSPS) is 11.7. The number of aromatic nitrogens is 1. The van der Waals surface area contributed by atoms with Crippen molar-refractivity contribution in [2.24, 2.45) is 0 Å². The van der Waals surface area contributed by atoms with Crippen LogP contribution < -0.4 is 19.5 Å². The first kappa shape index (κ1) is 27.8. The number of H-pyrrole nitrogens is 1. The van der Waals surface area contributed by atoms with E-state index in [1.807, 2.05) is 42.5 Å². The fourth-order valence-corrected chi connectivity index (χ4v) is 5.57. The minimum atomic E-state index is -3.84. The molecule has 4 aromatic carbocycles. The second kappa shape index (κ2) is 11.0. The summed E-state index contributed by atoms with van der Waals surface area (Å²) in [7, 11) is -2.32. The second-order valence-electron chi connectivity index (χ2n) is 10.6. The van der Waals surface area contributed by atoms with Crippen molar-refractivity contribution in [3.8, 4) is 22.8 Å². The minimum absolute atomic E-state index is 0.0906. The van der Waals surface area contributed by atoms with E-state index >= 15 is 0 Å². The zero-order valence-electron chi connectivity index (χ0n) is 23.2. The van der Waals surface area contributed by atoms with E-state index in [0.29, 0.717) is 33.6 Å². The Morgan fingerprint density at radius 1 is 0.854 bits per heavy atom. The van der Waals surface area contributed by atoms with Gasteiger partial charge in [0, 0.05) is 16.6 Å². The number of amides is 1. The van der Waals surface area contributed by atoms with Gasteiger partial charge in [0.15, 0.2) is 0 Å². The molecule has 0 spiro atoms. The number of methoxy groups -OCH3 is 1. The topological polar surface area (TPSA) is 110 Å². The Labute approximate surface area is 239 Å². The van der Waals surface area contributed by atoms with Gasteiger partial charge in [-0.2, -0.15) is 0 Å². The SMILES string of the molecule is COc1ccccc1NC(=O)Oc1[nH]c2ccc(NS(=O)(=O)c3ccc(C(C)(C)C)cc3)cc2c1-c1ccccc1. The maximum atomic E-state index is 13.2. The van der Waals surface area contributed by atoms with E-state index in [1.165, 1.54) is 7.11 Å². The van der Waals surface area contributed by atoms with E-state index in [0.717, 1.165) is 11.1 Å². The fourth-order valence-electron chi connectivity index (χ4n) is 4.52. The number of benzene rings is 4. The highest BCUT2D eigenvalue weighted by Gasteiger charge is 2.21. The molecule has 0 aliphatic rings. The largest absolute Gasteiger partial charge is 0.495 e. The molecule has 8 nitrogen and oxygen atoms in total. The van der Waals surface area contributed by atoms with Crippen molar-refractivity contribution in [1.82, 2.24) is 4.98 Å². The van der Waals surface area contributed by atoms with E-state index in [9.17, 15) is 13.2 Å². The summed E-state index contributed by atoms with van der Waals surface area (Å²) in [5, 5.41) is 3.39. The standard InChI is InChI=1S/C32H31N3O5S/c1-32(2,3)22-14-17-24(18-15-22)41(37,38)35-23-16-19-26-25(20-23)29(21-10-6-5-7-11-21)30(33-26)40-31(36)34-27-12-8-9-13-28(27)39-4/h5-20,33,35H,1-4H3,(H,34,36). The number of sulfonamides is 1. The van der Waals surface area contributed by atoms with Crippen LogP contribution in [0.1, 0.15) is 26.3 Å². The molecule has 1 amide bonds. The summed E-state index contributed by atoms with van der Waals surface area (Å²) < 4.78 is 40.2. The van der Waals surface area contributed by atoms with Gasteiger partial charge in [-0.25, -0.2) is 13.2 Å². The summed E-state index contributed by atoms with van der Waals surface area (Å²) in [4.78, 5) is 16.2. The molecule has 9 heteroatoms. The molecule has 0 unspecified atom stereocenters. The van der Waals surface area contributed by atoms with E-state index in [1.54, 1.807) is 54.6 Å². The van der Waals surface area contributed by atoms with Crippen molar-refractivity contribution in [1.29, 1.82) is 0 Å². The average molecular weight is 570 g/mol. The lowest BCUT2D eigenvalue weighted by Crippen LogP contribution is -2.17. The predicted molar refractivity (Wildman–Crippen MR) is 162 cm³/mol. The van der Waals surface area contributed by atoms with E-state index in [2.05, 4.69) is 35.8 Å². The number of anilines is 2. The molecule has 0 saturated carbocycles. The second-order valence-corrected chi connectivity index (χ2v) is 12.2. The predicted octanol–water partition coefficient (Wildman–Crippen LogP) is 7.55. The lowest BCUT2D eigenvalue weighted by atomic mass is 9.87. The number of nitrogens with one attached hydrogen (secondary N) is 3. The zero-order chi connectivity index (χ0) is 29.2. The van der Waals surface area contributed by atoms with Crippen molar-refractivity contribution in [2.75, 3.05) is 17.1 Å². The number of hydrogen-bond donors (Lipinski definition) is 3. The van der Waals surface area contributed by atoms with Crippen LogP contribution in [0.4, 0.5) is 16.2 Å². The van der Waals surface area contributed by atoms with Crippen molar-refractivity contribution in [3.63, 3.8) is 0 Å². The third-order valence-electron chi connectivity index (χ3n) is 6.65. The molecule has 0 saturated heterocycles. The van der Waals surface area contributed by atoms with Gasteiger partial charge in [-0.3, -0.25) is 10.0 Å². The van der Waals surface area contributed by atoms with Gasteiger partial charge in [-0.05, 0) is 59.0 Å². The molecule has 3 N–H and O–H groups in total. The number of ether oxygens (including phenoxy) is 2. The van der Waals surface area contributed by atoms with Gasteiger partial charge in [0.2, 0.25) is 5.88 Å². The lowest BCUT2D eigenvalue weighted by Gasteiger charge is -2.19. The molecule has 0 aliphatic carbocycles. The first-order valence-corrected chi connectivity index (χ1v) is 14.5. The van der Waals surface area contributed by atoms with E-state index < -0.39 is 16.1 Å². The highest BCUT2D eigenvalue weighted by atomic mass is 32.2. The molecule has 0 fully saturated rings. The van der Waals surface area contributed by atoms with E-state index in [-0.39, 0.29) is 16.2 Å². The highest BCUT2D eigenvalue weighted by Crippen LogP contribution is 2.39. The van der Waals surface area contributed by atoms with Gasteiger partial charge in [0.05, 0.1) is 23.3 Å². The third-order valence-corrected chi connectivity index (χ3v) is 8.05. The average Bonchev–Trinajstić information content (AvgIpc) is 3.30. The summed E-state index contributed by atoms with van der Waals surface area (Å²) in [5.74, 6) is 0.714. The molecule has 1 aromatic heterocycles. The summed E-state index contributed by atoms with van der Waals surface area (Å²) in [5.41, 5.74) is 3.86. The van der Waals surface area contributed by atoms with Gasteiger partial charge < -0.3 is 14.5 Å². The first-order valence-electron chi connectivity index (χ1n) is 13.0. The first-order chi connectivity index (χ1) is 19.5. The monoisotopic (exact) mass is 569 g/mol. The van der Waals surface area contributed by atoms with Crippen LogP contribution in [0.5, 0.6) is 11.6 Å². The van der Waals surface area contributed by atoms with Crippen molar-refractivity contribution in [2.45, 2.75) is 31.1 Å². The lowest BCUT2D eigenvalue weighted by molar-refractivity contribution is 0.214. The summed E-state index contributed by atoms with van der Waals surface area (Å²) in [6.45, 7) is 6.22. The highest BCUT2D eigenvalue weighted by molar-refractivity contribution is 7.92. The molecular weight excluding hydrogens is 538 g/mol. The van der Waals surface area contributed by atoms with Crippen molar-refractivity contribution >= 4 is 38.4 Å². The number of rotatable bonds is 7. The van der Waals surface area contributed by atoms with Gasteiger partial charge in [-0.15, -0.1) is 0 Å². The Balaban J connectivity index is 1.48. The maximum Gasteiger partial charge on any atom is 0.418 e. The van der Waals surface area contributed by atoms with Gasteiger partial charge >= 0.3 is 6.09 Å².